The van der Waals surface area contributed by atoms with Crippen molar-refractivity contribution in [2.75, 3.05) is 0 Å². The fourth-order valence-electron chi connectivity index (χ4n) is 3.78. The summed E-state index contributed by atoms with van der Waals surface area (Å²) in [5, 5.41) is 8.55. The maximum absolute atomic E-state index is 13.4. The molecule has 0 unspecified atom stereocenters. The Bertz CT molecular complexity index is 1530. The Morgan fingerprint density at radius 2 is 1.52 bits per heavy atom. The zero-order valence-electron chi connectivity index (χ0n) is 16.2. The van der Waals surface area contributed by atoms with Gasteiger partial charge in [-0.2, -0.15) is 5.10 Å². The summed E-state index contributed by atoms with van der Waals surface area (Å²) in [5.74, 6) is 0.358. The van der Waals surface area contributed by atoms with Gasteiger partial charge in [-0.15, -0.1) is 0 Å². The molecule has 0 amide bonds. The van der Waals surface area contributed by atoms with Crippen LogP contribution < -0.4 is 0 Å². The first-order valence-corrected chi connectivity index (χ1v) is 9.76. The second-order valence-corrected chi connectivity index (χ2v) is 7.22. The number of hydrogen-bond acceptors (Lipinski definition) is 4. The van der Waals surface area contributed by atoms with Crippen molar-refractivity contribution in [3.05, 3.63) is 85.1 Å². The Morgan fingerprint density at radius 1 is 0.710 bits per heavy atom. The highest BCUT2D eigenvalue weighted by atomic mass is 19.1. The molecule has 0 radical (unpaired) electrons. The number of halogens is 1. The maximum atomic E-state index is 13.4. The predicted molar refractivity (Wildman–Crippen MR) is 118 cm³/mol. The summed E-state index contributed by atoms with van der Waals surface area (Å²) >= 11 is 0. The topological polar surface area (TPSA) is 83.1 Å². The van der Waals surface area contributed by atoms with Gasteiger partial charge in [0.25, 0.3) is 0 Å². The monoisotopic (exact) mass is 406 g/mol. The van der Waals surface area contributed by atoms with E-state index in [1.165, 1.54) is 12.1 Å². The number of rotatable bonds is 3. The third-order valence-electron chi connectivity index (χ3n) is 5.32. The molecule has 0 bridgehead atoms. The van der Waals surface area contributed by atoms with E-state index < -0.39 is 0 Å². The van der Waals surface area contributed by atoms with Gasteiger partial charge in [0.15, 0.2) is 5.82 Å². The Hall–Kier alpha value is -4.39. The van der Waals surface area contributed by atoms with Crippen molar-refractivity contribution in [3.8, 4) is 33.9 Å². The molecule has 2 aromatic carbocycles. The SMILES string of the molecule is Fc1ccc(-c2nccc3[nH]c(-c4n[nH]c5ccc(-c6ccncc6)cc45)nc23)cc1. The van der Waals surface area contributed by atoms with E-state index in [1.54, 1.807) is 30.7 Å². The molecule has 7 heteroatoms. The van der Waals surface area contributed by atoms with Crippen LogP contribution in [0.15, 0.2) is 79.3 Å². The van der Waals surface area contributed by atoms with Crippen LogP contribution in [0.25, 0.3) is 55.8 Å². The normalized spacial score (nSPS) is 11.4. The third kappa shape index (κ3) is 2.95. The summed E-state index contributed by atoms with van der Waals surface area (Å²) in [6.45, 7) is 0. The summed E-state index contributed by atoms with van der Waals surface area (Å²) in [4.78, 5) is 16.7. The van der Waals surface area contributed by atoms with E-state index in [2.05, 4.69) is 37.3 Å². The van der Waals surface area contributed by atoms with Gasteiger partial charge in [0, 0.05) is 29.5 Å². The van der Waals surface area contributed by atoms with Crippen molar-refractivity contribution in [3.63, 3.8) is 0 Å². The summed E-state index contributed by atoms with van der Waals surface area (Å²) < 4.78 is 13.4. The molecule has 4 aromatic heterocycles. The average Bonchev–Trinajstić information content (AvgIpc) is 3.43. The summed E-state index contributed by atoms with van der Waals surface area (Å²) in [6.07, 6.45) is 5.27. The van der Waals surface area contributed by atoms with E-state index in [-0.39, 0.29) is 5.82 Å². The number of benzene rings is 2. The first-order valence-electron chi connectivity index (χ1n) is 9.76. The van der Waals surface area contributed by atoms with E-state index >= 15 is 0 Å². The molecule has 0 spiro atoms. The first-order chi connectivity index (χ1) is 15.3. The molecule has 148 valence electrons. The van der Waals surface area contributed by atoms with Gasteiger partial charge >= 0.3 is 0 Å². The number of aromatic amines is 2. The Kier molecular flexibility index (Phi) is 3.86. The molecule has 0 atom stereocenters. The number of imidazole rings is 1. The highest BCUT2D eigenvalue weighted by Gasteiger charge is 2.16. The summed E-state index contributed by atoms with van der Waals surface area (Å²) in [6, 6.07) is 18.2. The van der Waals surface area contributed by atoms with Crippen molar-refractivity contribution in [1.82, 2.24) is 30.1 Å². The number of nitrogens with zero attached hydrogens (tertiary/aromatic N) is 4. The van der Waals surface area contributed by atoms with Crippen molar-refractivity contribution in [1.29, 1.82) is 0 Å². The zero-order chi connectivity index (χ0) is 20.8. The van der Waals surface area contributed by atoms with Gasteiger partial charge in [-0.25, -0.2) is 9.37 Å². The molecule has 6 aromatic rings. The molecular weight excluding hydrogens is 391 g/mol. The van der Waals surface area contributed by atoms with Gasteiger partial charge in [0.05, 0.1) is 16.7 Å². The van der Waals surface area contributed by atoms with E-state index in [1.807, 2.05) is 24.3 Å². The Balaban J connectivity index is 1.51. The van der Waals surface area contributed by atoms with Crippen LogP contribution >= 0.6 is 0 Å². The second-order valence-electron chi connectivity index (χ2n) is 7.22. The van der Waals surface area contributed by atoms with Crippen LogP contribution in [-0.4, -0.2) is 30.1 Å². The average molecular weight is 406 g/mol. The van der Waals surface area contributed by atoms with Crippen molar-refractivity contribution < 1.29 is 4.39 Å². The molecule has 4 heterocycles. The number of fused-ring (bicyclic) bond motifs is 2. The van der Waals surface area contributed by atoms with E-state index in [9.17, 15) is 4.39 Å². The minimum atomic E-state index is -0.286. The number of pyridine rings is 2. The fourth-order valence-corrected chi connectivity index (χ4v) is 3.78. The maximum Gasteiger partial charge on any atom is 0.159 e. The van der Waals surface area contributed by atoms with Crippen LogP contribution in [-0.2, 0) is 0 Å². The molecule has 31 heavy (non-hydrogen) atoms. The van der Waals surface area contributed by atoms with Crippen LogP contribution in [0.2, 0.25) is 0 Å². The van der Waals surface area contributed by atoms with Gasteiger partial charge in [0.1, 0.15) is 17.0 Å². The fraction of sp³-hybridized carbons (Fsp3) is 0. The lowest BCUT2D eigenvalue weighted by molar-refractivity contribution is 0.628. The largest absolute Gasteiger partial charge is 0.336 e. The molecule has 0 saturated heterocycles. The minimum absolute atomic E-state index is 0.286. The zero-order valence-corrected chi connectivity index (χ0v) is 16.2. The van der Waals surface area contributed by atoms with Crippen molar-refractivity contribution >= 4 is 21.9 Å². The van der Waals surface area contributed by atoms with Crippen LogP contribution in [0.5, 0.6) is 0 Å². The van der Waals surface area contributed by atoms with E-state index in [4.69, 9.17) is 4.98 Å². The highest BCUT2D eigenvalue weighted by molar-refractivity contribution is 5.97. The number of hydrogen-bond donors (Lipinski definition) is 2. The smallest absolute Gasteiger partial charge is 0.159 e. The van der Waals surface area contributed by atoms with E-state index in [0.717, 1.165) is 38.8 Å². The lowest BCUT2D eigenvalue weighted by Gasteiger charge is -2.01. The lowest BCUT2D eigenvalue weighted by Crippen LogP contribution is -1.86. The number of H-pyrrole nitrogens is 2. The number of aromatic nitrogens is 6. The van der Waals surface area contributed by atoms with Crippen LogP contribution in [0.3, 0.4) is 0 Å². The molecule has 6 rings (SSSR count). The molecule has 0 aliphatic rings. The molecule has 0 saturated carbocycles. The second kappa shape index (κ2) is 6.84. The van der Waals surface area contributed by atoms with Gasteiger partial charge in [-0.05, 0) is 65.7 Å². The van der Waals surface area contributed by atoms with Crippen LogP contribution in [0.4, 0.5) is 4.39 Å². The van der Waals surface area contributed by atoms with Gasteiger partial charge in [0.2, 0.25) is 0 Å². The standard InChI is InChI=1S/C24H15FN6/c25-17-4-1-15(2-5-17)21-23-20(9-12-27-21)28-24(29-23)22-18-13-16(3-6-19(18)30-31-22)14-7-10-26-11-8-14/h1-13H,(H,28,29)(H,30,31). The Morgan fingerprint density at radius 3 is 2.35 bits per heavy atom. The van der Waals surface area contributed by atoms with Gasteiger partial charge in [-0.3, -0.25) is 15.1 Å². The van der Waals surface area contributed by atoms with Crippen LogP contribution in [0, 0.1) is 5.82 Å². The van der Waals surface area contributed by atoms with Gasteiger partial charge in [-0.1, -0.05) is 6.07 Å². The third-order valence-corrected chi connectivity index (χ3v) is 5.32. The highest BCUT2D eigenvalue weighted by Crippen LogP contribution is 2.32. The Labute approximate surface area is 175 Å². The van der Waals surface area contributed by atoms with Crippen molar-refractivity contribution in [2.24, 2.45) is 0 Å². The molecule has 2 N–H and O–H groups in total. The molecule has 0 aliphatic heterocycles. The van der Waals surface area contributed by atoms with E-state index in [0.29, 0.717) is 17.0 Å². The molecule has 0 aliphatic carbocycles. The number of nitrogens with one attached hydrogen (secondary N) is 2. The summed E-state index contributed by atoms with van der Waals surface area (Å²) in [5.41, 5.74) is 6.85. The van der Waals surface area contributed by atoms with Crippen LogP contribution in [0.1, 0.15) is 0 Å². The minimum Gasteiger partial charge on any atom is -0.336 e. The lowest BCUT2D eigenvalue weighted by atomic mass is 10.0. The van der Waals surface area contributed by atoms with Gasteiger partial charge < -0.3 is 4.98 Å². The quantitative estimate of drug-likeness (QED) is 0.414. The first kappa shape index (κ1) is 17.5. The predicted octanol–water partition coefficient (Wildman–Crippen LogP) is 5.37. The molecule has 0 fully saturated rings. The van der Waals surface area contributed by atoms with Crippen molar-refractivity contribution in [2.45, 2.75) is 0 Å². The molecule has 6 nitrogen and oxygen atoms in total. The molecular formula is C24H15FN6. The summed E-state index contributed by atoms with van der Waals surface area (Å²) in [7, 11) is 0.